The Kier molecular flexibility index (Phi) is 7.39. The maximum Gasteiger partial charge on any atom is 0.313 e. The molecule has 0 spiro atoms. The summed E-state index contributed by atoms with van der Waals surface area (Å²) in [6, 6.07) is 11.9. The average Bonchev–Trinajstić information content (AvgIpc) is 2.56. The van der Waals surface area contributed by atoms with Gasteiger partial charge in [-0.3, -0.25) is 4.79 Å². The van der Waals surface area contributed by atoms with E-state index in [2.05, 4.69) is 26.0 Å². The number of hydrogen-bond acceptors (Lipinski definition) is 4. The lowest BCUT2D eigenvalue weighted by molar-refractivity contribution is -0.133. The lowest BCUT2D eigenvalue weighted by atomic mass is 10.1. The molecule has 0 heterocycles. The van der Waals surface area contributed by atoms with Crippen molar-refractivity contribution >= 4 is 17.7 Å². The molecule has 0 aliphatic carbocycles. The zero-order valence-electron chi connectivity index (χ0n) is 15.7. The molecular formula is C21H26O4S. The van der Waals surface area contributed by atoms with Gasteiger partial charge in [-0.05, 0) is 63.1 Å². The Morgan fingerprint density at radius 1 is 1.12 bits per heavy atom. The van der Waals surface area contributed by atoms with Crippen LogP contribution in [0.4, 0.5) is 0 Å². The Morgan fingerprint density at radius 2 is 1.88 bits per heavy atom. The third-order valence-electron chi connectivity index (χ3n) is 3.95. The molecule has 0 fully saturated rings. The van der Waals surface area contributed by atoms with Crippen molar-refractivity contribution in [2.45, 2.75) is 45.1 Å². The molecule has 5 heteroatoms. The Morgan fingerprint density at radius 3 is 2.54 bits per heavy atom. The normalized spacial score (nSPS) is 11.8. The molecule has 0 aliphatic heterocycles. The maximum absolute atomic E-state index is 10.7. The van der Waals surface area contributed by atoms with E-state index in [1.165, 1.54) is 17.3 Å². The van der Waals surface area contributed by atoms with Crippen molar-refractivity contribution in [2.75, 3.05) is 12.4 Å². The highest BCUT2D eigenvalue weighted by atomic mass is 32.2. The lowest BCUT2D eigenvalue weighted by Crippen LogP contribution is -2.16. The molecule has 4 nitrogen and oxygen atoms in total. The number of aryl methyl sites for hydroxylation is 3. The minimum Gasteiger partial charge on any atom is -0.493 e. The van der Waals surface area contributed by atoms with Crippen LogP contribution in [0, 0.1) is 20.8 Å². The van der Waals surface area contributed by atoms with Crippen molar-refractivity contribution in [2.24, 2.45) is 0 Å². The minimum absolute atomic E-state index is 0.0582. The monoisotopic (exact) mass is 374 g/mol. The number of hydrogen-bond donors (Lipinski definition) is 1. The third-order valence-corrected chi connectivity index (χ3v) is 5.11. The fraction of sp³-hybridized carbons (Fsp3) is 0.381. The molecule has 2 aromatic carbocycles. The second-order valence-corrected chi connectivity index (χ2v) is 7.46. The van der Waals surface area contributed by atoms with Gasteiger partial charge in [-0.2, -0.15) is 0 Å². The van der Waals surface area contributed by atoms with Gasteiger partial charge in [-0.15, -0.1) is 11.8 Å². The van der Waals surface area contributed by atoms with Gasteiger partial charge < -0.3 is 14.6 Å². The predicted molar refractivity (Wildman–Crippen MR) is 106 cm³/mol. The first-order chi connectivity index (χ1) is 12.3. The third kappa shape index (κ3) is 6.30. The Hall–Kier alpha value is -2.14. The molecule has 0 unspecified atom stereocenters. The predicted octanol–water partition coefficient (Wildman–Crippen LogP) is 5.02. The number of rotatable bonds is 9. The Labute approximate surface area is 159 Å². The van der Waals surface area contributed by atoms with Crippen molar-refractivity contribution < 1.29 is 19.4 Å². The Balaban J connectivity index is 1.81. The van der Waals surface area contributed by atoms with Gasteiger partial charge in [0.25, 0.3) is 0 Å². The molecule has 1 atom stereocenters. The fourth-order valence-corrected chi connectivity index (χ4v) is 3.29. The zero-order chi connectivity index (χ0) is 19.1. The smallest absolute Gasteiger partial charge is 0.313 e. The van der Waals surface area contributed by atoms with Crippen LogP contribution < -0.4 is 9.47 Å². The highest BCUT2D eigenvalue weighted by Gasteiger charge is 2.08. The summed E-state index contributed by atoms with van der Waals surface area (Å²) in [7, 11) is 0. The first kappa shape index (κ1) is 20.2. The van der Waals surface area contributed by atoms with E-state index < -0.39 is 5.97 Å². The van der Waals surface area contributed by atoms with Crippen LogP contribution in [0.15, 0.2) is 41.3 Å². The number of benzene rings is 2. The number of thioether (sulfide) groups is 1. The molecule has 2 rings (SSSR count). The molecule has 0 bridgehead atoms. The summed E-state index contributed by atoms with van der Waals surface area (Å²) in [5, 5.41) is 8.77. The average molecular weight is 375 g/mol. The highest BCUT2D eigenvalue weighted by molar-refractivity contribution is 8.00. The van der Waals surface area contributed by atoms with Crippen LogP contribution in [-0.4, -0.2) is 29.5 Å². The fourth-order valence-electron chi connectivity index (χ4n) is 2.56. The van der Waals surface area contributed by atoms with Crippen LogP contribution in [0.5, 0.6) is 11.5 Å². The van der Waals surface area contributed by atoms with Crippen LogP contribution in [0.1, 0.15) is 30.0 Å². The summed E-state index contributed by atoms with van der Waals surface area (Å²) >= 11 is 1.32. The van der Waals surface area contributed by atoms with Crippen LogP contribution in [-0.2, 0) is 4.79 Å². The van der Waals surface area contributed by atoms with Crippen LogP contribution >= 0.6 is 11.8 Å². The second-order valence-electron chi connectivity index (χ2n) is 6.44. The van der Waals surface area contributed by atoms with E-state index in [4.69, 9.17) is 14.6 Å². The SMILES string of the molecule is Cc1ccc(O[C@H](C)CCOc2ccc(SCC(=O)O)c(C)c2)c(C)c1. The molecule has 0 saturated heterocycles. The highest BCUT2D eigenvalue weighted by Crippen LogP contribution is 2.26. The number of aliphatic carboxylic acids is 1. The summed E-state index contributed by atoms with van der Waals surface area (Å²) < 4.78 is 11.8. The summed E-state index contributed by atoms with van der Waals surface area (Å²) in [6.07, 6.45) is 0.838. The molecule has 140 valence electrons. The number of carboxylic acids is 1. The molecule has 0 amide bonds. The standard InChI is InChI=1S/C21H26O4S/c1-14-5-7-19(15(2)11-14)25-17(4)9-10-24-18-6-8-20(16(3)12-18)26-13-21(22)23/h5-8,11-12,17H,9-10,13H2,1-4H3,(H,22,23)/t17-/m1/s1. The first-order valence-electron chi connectivity index (χ1n) is 8.67. The van der Waals surface area contributed by atoms with Gasteiger partial charge in [0, 0.05) is 11.3 Å². The van der Waals surface area contributed by atoms with Gasteiger partial charge in [-0.1, -0.05) is 17.7 Å². The van der Waals surface area contributed by atoms with Crippen molar-refractivity contribution in [1.29, 1.82) is 0 Å². The first-order valence-corrected chi connectivity index (χ1v) is 9.65. The molecule has 0 aromatic heterocycles. The molecule has 2 aromatic rings. The Bertz CT molecular complexity index is 758. The van der Waals surface area contributed by atoms with Crippen molar-refractivity contribution in [3.05, 3.63) is 53.1 Å². The van der Waals surface area contributed by atoms with Gasteiger partial charge in [0.1, 0.15) is 11.5 Å². The summed E-state index contributed by atoms with van der Waals surface area (Å²) in [6.45, 7) is 8.69. The molecule has 0 aliphatic rings. The topological polar surface area (TPSA) is 55.8 Å². The van der Waals surface area contributed by atoms with Crippen molar-refractivity contribution in [1.82, 2.24) is 0 Å². The maximum atomic E-state index is 10.7. The van der Waals surface area contributed by atoms with E-state index in [-0.39, 0.29) is 11.9 Å². The van der Waals surface area contributed by atoms with Gasteiger partial charge in [0.2, 0.25) is 0 Å². The quantitative estimate of drug-likeness (QED) is 0.624. The van der Waals surface area contributed by atoms with E-state index in [0.717, 1.165) is 33.9 Å². The van der Waals surface area contributed by atoms with Crippen molar-refractivity contribution in [3.63, 3.8) is 0 Å². The van der Waals surface area contributed by atoms with E-state index in [9.17, 15) is 4.79 Å². The van der Waals surface area contributed by atoms with E-state index in [1.54, 1.807) is 0 Å². The number of carboxylic acid groups (broad SMARTS) is 1. The van der Waals surface area contributed by atoms with Gasteiger partial charge in [0.15, 0.2) is 0 Å². The van der Waals surface area contributed by atoms with Crippen LogP contribution in [0.2, 0.25) is 0 Å². The lowest BCUT2D eigenvalue weighted by Gasteiger charge is -2.17. The van der Waals surface area contributed by atoms with Gasteiger partial charge in [0.05, 0.1) is 18.5 Å². The number of carbonyl (C=O) groups is 1. The van der Waals surface area contributed by atoms with Gasteiger partial charge >= 0.3 is 5.97 Å². The van der Waals surface area contributed by atoms with Crippen molar-refractivity contribution in [3.8, 4) is 11.5 Å². The molecular weight excluding hydrogens is 348 g/mol. The van der Waals surface area contributed by atoms with E-state index >= 15 is 0 Å². The summed E-state index contributed by atoms with van der Waals surface area (Å²) in [5.74, 6) is 0.959. The van der Waals surface area contributed by atoms with Gasteiger partial charge in [-0.25, -0.2) is 0 Å². The number of ether oxygens (including phenoxy) is 2. The second kappa shape index (κ2) is 9.53. The zero-order valence-corrected chi connectivity index (χ0v) is 16.6. The van der Waals surface area contributed by atoms with Crippen LogP contribution in [0.3, 0.4) is 0 Å². The van der Waals surface area contributed by atoms with Crippen LogP contribution in [0.25, 0.3) is 0 Å². The van der Waals surface area contributed by atoms with E-state index in [0.29, 0.717) is 6.61 Å². The molecule has 1 N–H and O–H groups in total. The molecule has 26 heavy (non-hydrogen) atoms. The largest absolute Gasteiger partial charge is 0.493 e. The molecule has 0 radical (unpaired) electrons. The minimum atomic E-state index is -0.812. The van der Waals surface area contributed by atoms with E-state index in [1.807, 2.05) is 38.1 Å². The summed E-state index contributed by atoms with van der Waals surface area (Å²) in [4.78, 5) is 11.6. The summed E-state index contributed by atoms with van der Waals surface area (Å²) in [5.41, 5.74) is 3.39. The molecule has 0 saturated carbocycles.